The second-order valence-corrected chi connectivity index (χ2v) is 7.04. The molecule has 0 radical (unpaired) electrons. The van der Waals surface area contributed by atoms with E-state index in [9.17, 15) is 0 Å². The van der Waals surface area contributed by atoms with Crippen LogP contribution in [0, 0.1) is 5.92 Å². The van der Waals surface area contributed by atoms with Gasteiger partial charge in [0.05, 0.1) is 6.61 Å². The molecule has 128 valence electrons. The molecule has 1 aliphatic carbocycles. The number of hydrogen-bond acceptors (Lipinski definition) is 2. The Morgan fingerprint density at radius 2 is 1.19 bits per heavy atom. The highest BCUT2D eigenvalue weighted by atomic mass is 16.5. The van der Waals surface area contributed by atoms with Gasteiger partial charge in [-0.15, -0.1) is 0 Å². The Labute approximate surface area is 153 Å². The average molecular weight is 340 g/mol. The quantitative estimate of drug-likeness (QED) is 0.409. The molecule has 0 atom stereocenters. The monoisotopic (exact) mass is 340 g/mol. The van der Waals surface area contributed by atoms with E-state index in [1.54, 1.807) is 0 Å². The summed E-state index contributed by atoms with van der Waals surface area (Å²) in [5.74, 6) is 3.39. The molecule has 2 nitrogen and oxygen atoms in total. The van der Waals surface area contributed by atoms with Gasteiger partial charge in [-0.3, -0.25) is 0 Å². The van der Waals surface area contributed by atoms with Crippen LogP contribution in [0.2, 0.25) is 0 Å². The Hall–Kier alpha value is -3.00. The van der Waals surface area contributed by atoms with Gasteiger partial charge in [-0.1, -0.05) is 42.5 Å². The van der Waals surface area contributed by atoms with Gasteiger partial charge in [0, 0.05) is 0 Å². The van der Waals surface area contributed by atoms with Crippen molar-refractivity contribution in [3.8, 4) is 17.2 Å². The molecule has 26 heavy (non-hydrogen) atoms. The molecule has 0 spiro atoms. The standard InChI is InChI=1S/C24H20O2/c1-2-4-20-13-23(11-8-18(20)3-1)26-24-12-9-19-7-10-22(14-21(19)15-24)25-16-17-5-6-17/h1-4,7-15,17H,5-6,16H2. The molecule has 4 aromatic rings. The minimum absolute atomic E-state index is 0.758. The van der Waals surface area contributed by atoms with Crippen LogP contribution < -0.4 is 9.47 Å². The molecule has 2 heteroatoms. The van der Waals surface area contributed by atoms with Crippen LogP contribution in [-0.2, 0) is 0 Å². The summed E-state index contributed by atoms with van der Waals surface area (Å²) in [7, 11) is 0. The third-order valence-electron chi connectivity index (χ3n) is 4.92. The number of ether oxygens (including phenoxy) is 2. The summed E-state index contributed by atoms with van der Waals surface area (Å²) in [6, 6.07) is 26.9. The van der Waals surface area contributed by atoms with Gasteiger partial charge >= 0.3 is 0 Å². The fourth-order valence-electron chi connectivity index (χ4n) is 3.22. The highest BCUT2D eigenvalue weighted by Crippen LogP contribution is 2.32. The Morgan fingerprint density at radius 1 is 0.615 bits per heavy atom. The predicted molar refractivity (Wildman–Crippen MR) is 106 cm³/mol. The van der Waals surface area contributed by atoms with E-state index in [1.807, 2.05) is 18.2 Å². The topological polar surface area (TPSA) is 18.5 Å². The van der Waals surface area contributed by atoms with Crippen LogP contribution in [0.15, 0.2) is 78.9 Å². The summed E-state index contributed by atoms with van der Waals surface area (Å²) in [6.45, 7) is 0.832. The first kappa shape index (κ1) is 15.3. The van der Waals surface area contributed by atoms with Crippen molar-refractivity contribution in [2.24, 2.45) is 5.92 Å². The molecule has 0 saturated heterocycles. The lowest BCUT2D eigenvalue weighted by atomic mass is 10.1. The van der Waals surface area contributed by atoms with Gasteiger partial charge in [-0.25, -0.2) is 0 Å². The number of fused-ring (bicyclic) bond motifs is 2. The van der Waals surface area contributed by atoms with Crippen LogP contribution in [0.25, 0.3) is 21.5 Å². The first-order valence-corrected chi connectivity index (χ1v) is 9.17. The van der Waals surface area contributed by atoms with Gasteiger partial charge in [-0.2, -0.15) is 0 Å². The molecule has 0 bridgehead atoms. The van der Waals surface area contributed by atoms with E-state index in [0.29, 0.717) is 0 Å². The van der Waals surface area contributed by atoms with Gasteiger partial charge in [0.2, 0.25) is 0 Å². The highest BCUT2D eigenvalue weighted by molar-refractivity contribution is 5.86. The third-order valence-corrected chi connectivity index (χ3v) is 4.92. The Bertz CT molecular complexity index is 1080. The second-order valence-electron chi connectivity index (χ2n) is 7.04. The zero-order valence-electron chi connectivity index (χ0n) is 14.5. The second kappa shape index (κ2) is 6.38. The summed E-state index contributed by atoms with van der Waals surface area (Å²) in [6.07, 6.45) is 2.61. The Morgan fingerprint density at radius 3 is 1.92 bits per heavy atom. The number of rotatable bonds is 5. The maximum atomic E-state index is 6.10. The van der Waals surface area contributed by atoms with Crippen LogP contribution in [0.5, 0.6) is 17.2 Å². The van der Waals surface area contributed by atoms with Crippen molar-refractivity contribution < 1.29 is 9.47 Å². The van der Waals surface area contributed by atoms with E-state index in [1.165, 1.54) is 29.0 Å². The van der Waals surface area contributed by atoms with Gasteiger partial charge < -0.3 is 9.47 Å². The fourth-order valence-corrected chi connectivity index (χ4v) is 3.22. The van der Waals surface area contributed by atoms with E-state index in [0.717, 1.165) is 35.2 Å². The van der Waals surface area contributed by atoms with Gasteiger partial charge in [0.15, 0.2) is 0 Å². The molecule has 5 rings (SSSR count). The number of benzene rings is 4. The van der Waals surface area contributed by atoms with Crippen LogP contribution >= 0.6 is 0 Å². The van der Waals surface area contributed by atoms with Crippen molar-refractivity contribution in [3.05, 3.63) is 78.9 Å². The van der Waals surface area contributed by atoms with Gasteiger partial charge in [0.1, 0.15) is 17.2 Å². The maximum Gasteiger partial charge on any atom is 0.128 e. The van der Waals surface area contributed by atoms with Crippen LogP contribution in [-0.4, -0.2) is 6.61 Å². The van der Waals surface area contributed by atoms with Crippen LogP contribution in [0.1, 0.15) is 12.8 Å². The van der Waals surface area contributed by atoms with Gasteiger partial charge in [-0.05, 0) is 76.7 Å². The van der Waals surface area contributed by atoms with E-state index < -0.39 is 0 Å². The van der Waals surface area contributed by atoms with Crippen LogP contribution in [0.4, 0.5) is 0 Å². The summed E-state index contributed by atoms with van der Waals surface area (Å²) in [5, 5.41) is 4.73. The van der Waals surface area contributed by atoms with E-state index in [-0.39, 0.29) is 0 Å². The lowest BCUT2D eigenvalue weighted by Crippen LogP contribution is -1.98. The van der Waals surface area contributed by atoms with Crippen molar-refractivity contribution in [1.29, 1.82) is 0 Å². The molecule has 1 fully saturated rings. The lowest BCUT2D eigenvalue weighted by Gasteiger charge is -2.10. The summed E-state index contributed by atoms with van der Waals surface area (Å²) in [4.78, 5) is 0. The first-order valence-electron chi connectivity index (χ1n) is 9.17. The third kappa shape index (κ3) is 3.23. The molecule has 0 heterocycles. The van der Waals surface area contributed by atoms with Crippen molar-refractivity contribution >= 4 is 21.5 Å². The van der Waals surface area contributed by atoms with Crippen molar-refractivity contribution in [1.82, 2.24) is 0 Å². The fraction of sp³-hybridized carbons (Fsp3) is 0.167. The number of hydrogen-bond donors (Lipinski definition) is 0. The zero-order chi connectivity index (χ0) is 17.3. The molecule has 0 aromatic heterocycles. The summed E-state index contributed by atoms with van der Waals surface area (Å²) in [5.41, 5.74) is 0. The molecule has 1 saturated carbocycles. The molecule has 1 aliphatic rings. The molecule has 0 amide bonds. The SMILES string of the molecule is c1ccc2cc(Oc3ccc4ccc(OCC5CC5)cc4c3)ccc2c1. The Balaban J connectivity index is 1.41. The average Bonchev–Trinajstić information content (AvgIpc) is 3.50. The largest absolute Gasteiger partial charge is 0.493 e. The van der Waals surface area contributed by atoms with Crippen LogP contribution in [0.3, 0.4) is 0 Å². The molecular formula is C24H20O2. The molecule has 0 unspecified atom stereocenters. The lowest BCUT2D eigenvalue weighted by molar-refractivity contribution is 0.300. The van der Waals surface area contributed by atoms with Crippen molar-refractivity contribution in [3.63, 3.8) is 0 Å². The van der Waals surface area contributed by atoms with Gasteiger partial charge in [0.25, 0.3) is 0 Å². The highest BCUT2D eigenvalue weighted by Gasteiger charge is 2.21. The zero-order valence-corrected chi connectivity index (χ0v) is 14.5. The molecule has 4 aromatic carbocycles. The Kier molecular flexibility index (Phi) is 3.75. The van der Waals surface area contributed by atoms with Crippen molar-refractivity contribution in [2.75, 3.05) is 6.61 Å². The molecule has 0 aliphatic heterocycles. The minimum atomic E-state index is 0.758. The van der Waals surface area contributed by atoms with E-state index >= 15 is 0 Å². The maximum absolute atomic E-state index is 6.10. The van der Waals surface area contributed by atoms with Crippen molar-refractivity contribution in [2.45, 2.75) is 12.8 Å². The molecular weight excluding hydrogens is 320 g/mol. The summed E-state index contributed by atoms with van der Waals surface area (Å²) < 4.78 is 12.0. The predicted octanol–water partition coefficient (Wildman–Crippen LogP) is 6.57. The smallest absolute Gasteiger partial charge is 0.128 e. The van der Waals surface area contributed by atoms with E-state index in [4.69, 9.17) is 9.47 Å². The normalized spacial score (nSPS) is 13.8. The molecule has 0 N–H and O–H groups in total. The first-order chi connectivity index (χ1) is 12.8. The minimum Gasteiger partial charge on any atom is -0.493 e. The van der Waals surface area contributed by atoms with E-state index in [2.05, 4.69) is 60.7 Å². The summed E-state index contributed by atoms with van der Waals surface area (Å²) >= 11 is 0.